The summed E-state index contributed by atoms with van der Waals surface area (Å²) in [6, 6.07) is -0.117. The van der Waals surface area contributed by atoms with E-state index in [4.69, 9.17) is 5.73 Å². The molecule has 0 spiro atoms. The Morgan fingerprint density at radius 2 is 1.79 bits per heavy atom. The third kappa shape index (κ3) is 4.40. The summed E-state index contributed by atoms with van der Waals surface area (Å²) >= 11 is 0. The SMILES string of the molecule is CC(C)CC(C)N(C)C(=O)C1CCN(C(N)=O)CC1. The van der Waals surface area contributed by atoms with E-state index < -0.39 is 0 Å². The Morgan fingerprint density at radius 1 is 1.26 bits per heavy atom. The first-order valence-corrected chi connectivity index (χ1v) is 7.14. The Morgan fingerprint density at radius 3 is 2.21 bits per heavy atom. The molecule has 0 aromatic heterocycles. The highest BCUT2D eigenvalue weighted by molar-refractivity contribution is 5.79. The maximum Gasteiger partial charge on any atom is 0.314 e. The molecule has 1 atom stereocenters. The monoisotopic (exact) mass is 269 g/mol. The van der Waals surface area contributed by atoms with Crippen molar-refractivity contribution in [1.82, 2.24) is 9.80 Å². The van der Waals surface area contributed by atoms with Crippen molar-refractivity contribution in [3.8, 4) is 0 Å². The lowest BCUT2D eigenvalue weighted by Gasteiger charge is -2.34. The maximum absolute atomic E-state index is 12.4. The molecule has 1 rings (SSSR count). The number of nitrogens with two attached hydrogens (primary N) is 1. The van der Waals surface area contributed by atoms with E-state index in [1.165, 1.54) is 0 Å². The van der Waals surface area contributed by atoms with Crippen LogP contribution >= 0.6 is 0 Å². The fourth-order valence-corrected chi connectivity index (χ4v) is 2.69. The Hall–Kier alpha value is -1.26. The van der Waals surface area contributed by atoms with Gasteiger partial charge < -0.3 is 15.5 Å². The molecule has 5 heteroatoms. The smallest absolute Gasteiger partial charge is 0.314 e. The standard InChI is InChI=1S/C14H27N3O2/c1-10(2)9-11(3)16(4)13(18)12-5-7-17(8-6-12)14(15)19/h10-12H,5-9H2,1-4H3,(H2,15,19). The molecule has 110 valence electrons. The van der Waals surface area contributed by atoms with Crippen molar-refractivity contribution in [2.75, 3.05) is 20.1 Å². The number of primary amides is 1. The van der Waals surface area contributed by atoms with Gasteiger partial charge in [-0.05, 0) is 32.1 Å². The van der Waals surface area contributed by atoms with E-state index in [1.807, 2.05) is 11.9 Å². The summed E-state index contributed by atoms with van der Waals surface area (Å²) in [4.78, 5) is 26.9. The van der Waals surface area contributed by atoms with Gasteiger partial charge in [-0.15, -0.1) is 0 Å². The van der Waals surface area contributed by atoms with Crippen molar-refractivity contribution < 1.29 is 9.59 Å². The fraction of sp³-hybridized carbons (Fsp3) is 0.857. The van der Waals surface area contributed by atoms with Crippen molar-refractivity contribution in [3.63, 3.8) is 0 Å². The number of carbonyl (C=O) groups is 2. The predicted octanol–water partition coefficient (Wildman–Crippen LogP) is 1.67. The van der Waals surface area contributed by atoms with Gasteiger partial charge in [-0.25, -0.2) is 4.79 Å². The number of carbonyl (C=O) groups excluding carboxylic acids is 2. The summed E-state index contributed by atoms with van der Waals surface area (Å²) in [5.74, 6) is 0.828. The minimum Gasteiger partial charge on any atom is -0.351 e. The molecular weight excluding hydrogens is 242 g/mol. The van der Waals surface area contributed by atoms with Crippen molar-refractivity contribution in [2.24, 2.45) is 17.6 Å². The van der Waals surface area contributed by atoms with Crippen LogP contribution in [-0.2, 0) is 4.79 Å². The van der Waals surface area contributed by atoms with Gasteiger partial charge in [-0.2, -0.15) is 0 Å². The van der Waals surface area contributed by atoms with Crippen LogP contribution in [0.25, 0.3) is 0 Å². The third-order valence-electron chi connectivity index (χ3n) is 3.98. The fourth-order valence-electron chi connectivity index (χ4n) is 2.69. The molecule has 0 aromatic carbocycles. The van der Waals surface area contributed by atoms with Gasteiger partial charge in [0.1, 0.15) is 0 Å². The second-order valence-corrected chi connectivity index (χ2v) is 6.03. The topological polar surface area (TPSA) is 66.6 Å². The highest BCUT2D eigenvalue weighted by Gasteiger charge is 2.29. The molecule has 0 bridgehead atoms. The van der Waals surface area contributed by atoms with Crippen LogP contribution in [0.5, 0.6) is 0 Å². The second kappa shape index (κ2) is 6.78. The molecule has 0 saturated carbocycles. The molecule has 2 N–H and O–H groups in total. The number of nitrogens with zero attached hydrogens (tertiary/aromatic N) is 2. The third-order valence-corrected chi connectivity index (χ3v) is 3.98. The van der Waals surface area contributed by atoms with Gasteiger partial charge in [0.25, 0.3) is 0 Å². The number of rotatable bonds is 4. The zero-order valence-electron chi connectivity index (χ0n) is 12.6. The summed E-state index contributed by atoms with van der Waals surface area (Å²) in [6.07, 6.45) is 2.46. The Kier molecular flexibility index (Phi) is 5.63. The van der Waals surface area contributed by atoms with Crippen LogP contribution in [-0.4, -0.2) is 47.9 Å². The lowest BCUT2D eigenvalue weighted by atomic mass is 9.94. The molecule has 0 aliphatic carbocycles. The first-order valence-electron chi connectivity index (χ1n) is 7.14. The van der Waals surface area contributed by atoms with Gasteiger partial charge in [0.05, 0.1) is 0 Å². The van der Waals surface area contributed by atoms with Gasteiger partial charge >= 0.3 is 6.03 Å². The van der Waals surface area contributed by atoms with Gasteiger partial charge in [0.15, 0.2) is 0 Å². The molecule has 0 radical (unpaired) electrons. The van der Waals surface area contributed by atoms with Crippen molar-refractivity contribution >= 4 is 11.9 Å². The number of piperidine rings is 1. The molecule has 1 unspecified atom stereocenters. The minimum absolute atomic E-state index is 0.0372. The van der Waals surface area contributed by atoms with Crippen LogP contribution in [0.15, 0.2) is 0 Å². The molecule has 19 heavy (non-hydrogen) atoms. The summed E-state index contributed by atoms with van der Waals surface area (Å²) < 4.78 is 0. The highest BCUT2D eigenvalue weighted by atomic mass is 16.2. The van der Waals surface area contributed by atoms with E-state index in [1.54, 1.807) is 4.90 Å². The molecule has 5 nitrogen and oxygen atoms in total. The molecule has 0 aromatic rings. The maximum atomic E-state index is 12.4. The Labute approximate surface area is 116 Å². The Balaban J connectivity index is 2.48. The van der Waals surface area contributed by atoms with Crippen LogP contribution in [0.2, 0.25) is 0 Å². The van der Waals surface area contributed by atoms with E-state index in [9.17, 15) is 9.59 Å². The van der Waals surface area contributed by atoms with E-state index in [0.717, 1.165) is 19.3 Å². The zero-order valence-corrected chi connectivity index (χ0v) is 12.6. The molecule has 1 aliphatic rings. The van der Waals surface area contributed by atoms with Gasteiger partial charge in [0.2, 0.25) is 5.91 Å². The van der Waals surface area contributed by atoms with Crippen LogP contribution in [0.4, 0.5) is 4.79 Å². The lowest BCUT2D eigenvalue weighted by Crippen LogP contribution is -2.47. The number of urea groups is 1. The summed E-state index contributed by atoms with van der Waals surface area (Å²) in [7, 11) is 1.88. The van der Waals surface area contributed by atoms with E-state index in [-0.39, 0.29) is 23.9 Å². The quantitative estimate of drug-likeness (QED) is 0.843. The van der Waals surface area contributed by atoms with Crippen LogP contribution in [0.1, 0.15) is 40.0 Å². The first kappa shape index (κ1) is 15.8. The van der Waals surface area contributed by atoms with Crippen LogP contribution in [0.3, 0.4) is 0 Å². The van der Waals surface area contributed by atoms with Crippen molar-refractivity contribution in [1.29, 1.82) is 0 Å². The Bertz CT molecular complexity index is 323. The van der Waals surface area contributed by atoms with Gasteiger partial charge in [-0.1, -0.05) is 13.8 Å². The molecule has 1 fully saturated rings. The number of likely N-dealkylation sites (tertiary alicyclic amines) is 1. The molecule has 1 heterocycles. The van der Waals surface area contributed by atoms with Crippen molar-refractivity contribution in [3.05, 3.63) is 0 Å². The number of hydrogen-bond acceptors (Lipinski definition) is 2. The highest BCUT2D eigenvalue weighted by Crippen LogP contribution is 2.21. The van der Waals surface area contributed by atoms with Gasteiger partial charge in [0, 0.05) is 32.1 Å². The number of hydrogen-bond donors (Lipinski definition) is 1. The predicted molar refractivity (Wildman–Crippen MR) is 75.6 cm³/mol. The zero-order chi connectivity index (χ0) is 14.6. The normalized spacial score (nSPS) is 18.5. The number of amides is 3. The largest absolute Gasteiger partial charge is 0.351 e. The average molecular weight is 269 g/mol. The van der Waals surface area contributed by atoms with Crippen LogP contribution in [0, 0.1) is 11.8 Å². The average Bonchev–Trinajstić information content (AvgIpc) is 2.36. The minimum atomic E-state index is -0.382. The van der Waals surface area contributed by atoms with E-state index in [2.05, 4.69) is 20.8 Å². The second-order valence-electron chi connectivity index (χ2n) is 6.03. The molecule has 1 aliphatic heterocycles. The summed E-state index contributed by atoms with van der Waals surface area (Å²) in [5, 5.41) is 0. The summed E-state index contributed by atoms with van der Waals surface area (Å²) in [6.45, 7) is 7.62. The van der Waals surface area contributed by atoms with Crippen molar-refractivity contribution in [2.45, 2.75) is 46.1 Å². The van der Waals surface area contributed by atoms with E-state index in [0.29, 0.717) is 19.0 Å². The first-order chi connectivity index (χ1) is 8.82. The molecule has 3 amide bonds. The van der Waals surface area contributed by atoms with Crippen LogP contribution < -0.4 is 5.73 Å². The van der Waals surface area contributed by atoms with Gasteiger partial charge in [-0.3, -0.25) is 4.79 Å². The molecular formula is C14H27N3O2. The van der Waals surface area contributed by atoms with E-state index >= 15 is 0 Å². The molecule has 1 saturated heterocycles. The summed E-state index contributed by atoms with van der Waals surface area (Å²) in [5.41, 5.74) is 5.24. The lowest BCUT2D eigenvalue weighted by molar-refractivity contribution is -0.137.